The van der Waals surface area contributed by atoms with Gasteiger partial charge in [-0.25, -0.2) is 8.78 Å². The normalized spacial score (nSPS) is 12.1. The van der Waals surface area contributed by atoms with Gasteiger partial charge in [-0.15, -0.1) is 0 Å². The Bertz CT molecular complexity index is 848. The molecule has 1 heterocycles. The second-order valence-corrected chi connectivity index (χ2v) is 6.43. The van der Waals surface area contributed by atoms with Crippen LogP contribution in [0, 0.1) is 18.1 Å². The summed E-state index contributed by atoms with van der Waals surface area (Å²) in [6.45, 7) is 1.30. The van der Waals surface area contributed by atoms with E-state index in [1.165, 1.54) is 12.1 Å². The lowest BCUT2D eigenvalue weighted by atomic mass is 10.0. The van der Waals surface area contributed by atoms with Gasteiger partial charge in [0.15, 0.2) is 0 Å². The molecule has 0 aliphatic carbocycles. The Balaban J connectivity index is 1.46. The second kappa shape index (κ2) is 9.35. The van der Waals surface area contributed by atoms with E-state index in [9.17, 15) is 8.78 Å². The van der Waals surface area contributed by atoms with Crippen LogP contribution in [0.1, 0.15) is 11.1 Å². The zero-order valence-electron chi connectivity index (χ0n) is 14.9. The minimum Gasteiger partial charge on any atom is -0.327 e. The Hall–Kier alpha value is -2.63. The van der Waals surface area contributed by atoms with Crippen molar-refractivity contribution >= 4 is 0 Å². The van der Waals surface area contributed by atoms with Gasteiger partial charge >= 0.3 is 0 Å². The lowest BCUT2D eigenvalue weighted by Gasteiger charge is -2.12. The van der Waals surface area contributed by atoms with Crippen molar-refractivity contribution in [2.75, 3.05) is 6.54 Å². The highest BCUT2D eigenvalue weighted by Gasteiger charge is 2.07. The summed E-state index contributed by atoms with van der Waals surface area (Å²) in [5, 5.41) is 3.32. The van der Waals surface area contributed by atoms with E-state index < -0.39 is 11.6 Å². The molecule has 0 saturated carbocycles. The Kier molecular flexibility index (Phi) is 6.63. The zero-order chi connectivity index (χ0) is 19.1. The smallest absolute Gasteiger partial charge is 0.126 e. The van der Waals surface area contributed by atoms with E-state index in [1.54, 1.807) is 6.20 Å². The van der Waals surface area contributed by atoms with Crippen LogP contribution in [0.15, 0.2) is 66.9 Å². The Morgan fingerprint density at radius 3 is 2.52 bits per heavy atom. The average molecular weight is 366 g/mol. The topological polar surface area (TPSA) is 50.9 Å². The van der Waals surface area contributed by atoms with Gasteiger partial charge in [0, 0.05) is 37.0 Å². The van der Waals surface area contributed by atoms with E-state index in [0.717, 1.165) is 22.9 Å². The molecule has 1 radical (unpaired) electrons. The molecule has 3 nitrogen and oxygen atoms in total. The molecule has 5 heteroatoms. The number of hydrogen-bond acceptors (Lipinski definition) is 3. The van der Waals surface area contributed by atoms with Crippen LogP contribution in [0.3, 0.4) is 0 Å². The van der Waals surface area contributed by atoms with Crippen molar-refractivity contribution in [1.29, 1.82) is 0 Å². The first-order valence-electron chi connectivity index (χ1n) is 8.85. The van der Waals surface area contributed by atoms with Crippen LogP contribution >= 0.6 is 0 Å². The van der Waals surface area contributed by atoms with Crippen LogP contribution in [0.4, 0.5) is 8.78 Å². The van der Waals surface area contributed by atoms with Gasteiger partial charge in [0.05, 0.1) is 5.69 Å². The largest absolute Gasteiger partial charge is 0.327 e. The van der Waals surface area contributed by atoms with Gasteiger partial charge in [0.2, 0.25) is 0 Å². The van der Waals surface area contributed by atoms with Crippen molar-refractivity contribution in [1.82, 2.24) is 10.3 Å². The second-order valence-electron chi connectivity index (χ2n) is 6.43. The Morgan fingerprint density at radius 1 is 0.963 bits per heavy atom. The molecule has 27 heavy (non-hydrogen) atoms. The molecule has 1 aromatic heterocycles. The van der Waals surface area contributed by atoms with Crippen molar-refractivity contribution < 1.29 is 8.78 Å². The summed E-state index contributed by atoms with van der Waals surface area (Å²) in [5.74, 6) is -1.16. The first-order chi connectivity index (χ1) is 13.1. The van der Waals surface area contributed by atoms with Crippen molar-refractivity contribution in [2.24, 2.45) is 5.73 Å². The van der Waals surface area contributed by atoms with E-state index in [4.69, 9.17) is 5.73 Å². The van der Waals surface area contributed by atoms with Gasteiger partial charge < -0.3 is 11.1 Å². The molecule has 0 aliphatic heterocycles. The standard InChI is InChI=1S/C22H22F2N3/c23-19-11-17(12-20(24)14-19)13-21(25)7-9-26-15-16-4-3-5-18(10-16)22-6-1-2-8-27-22/h1-8,10-12,14,21,26H,9,13,15,25H2/t21-/m0/s1. The molecule has 0 unspecified atom stereocenters. The van der Waals surface area contributed by atoms with Crippen LogP contribution in [0.25, 0.3) is 11.3 Å². The molecule has 0 spiro atoms. The molecular formula is C22H22F2N3. The lowest BCUT2D eigenvalue weighted by Crippen LogP contribution is -2.29. The molecule has 2 aromatic carbocycles. The fraction of sp³-hybridized carbons (Fsp3) is 0.182. The number of pyridine rings is 1. The monoisotopic (exact) mass is 366 g/mol. The Labute approximate surface area is 158 Å². The molecule has 139 valence electrons. The summed E-state index contributed by atoms with van der Waals surface area (Å²) >= 11 is 0. The highest BCUT2D eigenvalue weighted by atomic mass is 19.1. The maximum atomic E-state index is 13.2. The quantitative estimate of drug-likeness (QED) is 0.595. The summed E-state index contributed by atoms with van der Waals surface area (Å²) in [5.41, 5.74) is 9.75. The molecule has 0 fully saturated rings. The van der Waals surface area contributed by atoms with Crippen LogP contribution < -0.4 is 11.1 Å². The fourth-order valence-corrected chi connectivity index (χ4v) is 2.91. The maximum Gasteiger partial charge on any atom is 0.126 e. The summed E-state index contributed by atoms with van der Waals surface area (Å²) in [6, 6.07) is 17.2. The van der Waals surface area contributed by atoms with E-state index in [1.807, 2.05) is 36.8 Å². The number of nitrogens with zero attached hydrogens (tertiary/aromatic N) is 1. The number of rotatable bonds is 8. The van der Waals surface area contributed by atoms with Gasteiger partial charge in [-0.1, -0.05) is 24.3 Å². The van der Waals surface area contributed by atoms with Gasteiger partial charge in [-0.3, -0.25) is 4.98 Å². The number of aromatic nitrogens is 1. The van der Waals surface area contributed by atoms with E-state index >= 15 is 0 Å². The van der Waals surface area contributed by atoms with Crippen LogP contribution in [-0.2, 0) is 13.0 Å². The summed E-state index contributed by atoms with van der Waals surface area (Å²) in [6.07, 6.45) is 4.08. The van der Waals surface area contributed by atoms with Gasteiger partial charge in [0.25, 0.3) is 0 Å². The van der Waals surface area contributed by atoms with E-state index in [0.29, 0.717) is 25.1 Å². The van der Waals surface area contributed by atoms with E-state index in [-0.39, 0.29) is 6.04 Å². The van der Waals surface area contributed by atoms with Crippen LogP contribution in [-0.4, -0.2) is 17.6 Å². The van der Waals surface area contributed by atoms with Crippen LogP contribution in [0.2, 0.25) is 0 Å². The number of hydrogen-bond donors (Lipinski definition) is 2. The molecule has 3 aromatic rings. The number of nitrogens with one attached hydrogen (secondary N) is 1. The van der Waals surface area contributed by atoms with Crippen LogP contribution in [0.5, 0.6) is 0 Å². The van der Waals surface area contributed by atoms with Crippen molar-refractivity contribution in [3.8, 4) is 11.3 Å². The molecule has 3 N–H and O–H groups in total. The number of benzene rings is 2. The van der Waals surface area contributed by atoms with Crippen molar-refractivity contribution in [3.05, 3.63) is 96.0 Å². The molecule has 1 atom stereocenters. The molecule has 3 rings (SSSR count). The molecular weight excluding hydrogens is 344 g/mol. The van der Waals surface area contributed by atoms with E-state index in [2.05, 4.69) is 22.4 Å². The molecule has 0 amide bonds. The fourth-order valence-electron chi connectivity index (χ4n) is 2.91. The first-order valence-corrected chi connectivity index (χ1v) is 8.85. The molecule has 0 aliphatic rings. The predicted molar refractivity (Wildman–Crippen MR) is 104 cm³/mol. The predicted octanol–water partition coefficient (Wildman–Crippen LogP) is 3.89. The third-order valence-corrected chi connectivity index (χ3v) is 4.18. The highest BCUT2D eigenvalue weighted by molar-refractivity contribution is 5.59. The Morgan fingerprint density at radius 2 is 1.78 bits per heavy atom. The third-order valence-electron chi connectivity index (χ3n) is 4.18. The third kappa shape index (κ3) is 5.94. The highest BCUT2D eigenvalue weighted by Crippen LogP contribution is 2.17. The number of halogens is 2. The van der Waals surface area contributed by atoms with Gasteiger partial charge in [-0.05, 0) is 54.3 Å². The number of nitrogens with two attached hydrogens (primary N) is 1. The summed E-state index contributed by atoms with van der Waals surface area (Å²) in [4.78, 5) is 4.37. The molecule has 0 saturated heterocycles. The SMILES string of the molecule is N[C@@H]([CH]CNCc1cccc(-c2ccccn2)c1)Cc1cc(F)cc(F)c1. The van der Waals surface area contributed by atoms with Gasteiger partial charge in [-0.2, -0.15) is 0 Å². The zero-order valence-corrected chi connectivity index (χ0v) is 14.9. The van der Waals surface area contributed by atoms with Crippen molar-refractivity contribution in [3.63, 3.8) is 0 Å². The minimum absolute atomic E-state index is 0.279. The summed E-state index contributed by atoms with van der Waals surface area (Å²) in [7, 11) is 0. The van der Waals surface area contributed by atoms with Gasteiger partial charge in [0.1, 0.15) is 11.6 Å². The average Bonchev–Trinajstić information content (AvgIpc) is 2.65. The molecule has 0 bridgehead atoms. The maximum absolute atomic E-state index is 13.2. The lowest BCUT2D eigenvalue weighted by molar-refractivity contribution is 0.576. The summed E-state index contributed by atoms with van der Waals surface area (Å²) < 4.78 is 26.4. The van der Waals surface area contributed by atoms with Crippen molar-refractivity contribution in [2.45, 2.75) is 19.0 Å². The first kappa shape index (κ1) is 19.1. The minimum atomic E-state index is -0.580.